The number of ether oxygens (including phenoxy) is 2. The van der Waals surface area contributed by atoms with E-state index >= 15 is 0 Å². The maximum Gasteiger partial charge on any atom is 0.251 e. The van der Waals surface area contributed by atoms with Gasteiger partial charge in [0, 0.05) is 41.1 Å². The van der Waals surface area contributed by atoms with E-state index in [1.165, 1.54) is 36.2 Å². The highest BCUT2D eigenvalue weighted by Gasteiger charge is 2.50. The van der Waals surface area contributed by atoms with Crippen molar-refractivity contribution < 1.29 is 37.3 Å². The summed E-state index contributed by atoms with van der Waals surface area (Å²) in [6, 6.07) is 6.63. The van der Waals surface area contributed by atoms with Crippen LogP contribution in [0.1, 0.15) is 54.2 Å². The molecule has 2 aromatic carbocycles. The van der Waals surface area contributed by atoms with E-state index in [1.807, 2.05) is 0 Å². The monoisotopic (exact) mass is 655 g/mol. The van der Waals surface area contributed by atoms with Crippen molar-refractivity contribution >= 4 is 34.3 Å². The van der Waals surface area contributed by atoms with Gasteiger partial charge in [0.05, 0.1) is 24.4 Å². The summed E-state index contributed by atoms with van der Waals surface area (Å²) in [5, 5.41) is 19.3. The number of carbonyl (C=O) groups is 2. The fourth-order valence-electron chi connectivity index (χ4n) is 5.95. The van der Waals surface area contributed by atoms with Crippen LogP contribution in [-0.4, -0.2) is 51.9 Å². The minimum Gasteiger partial charge on any atom is -0.494 e. The Hall–Kier alpha value is -4.36. The zero-order valence-corrected chi connectivity index (χ0v) is 25.6. The molecule has 2 aliphatic carbocycles. The number of rotatable bonds is 9. The Morgan fingerprint density at radius 2 is 1.98 bits per heavy atom. The minimum atomic E-state index is -1.74. The normalized spacial score (nSPS) is 20.9. The summed E-state index contributed by atoms with van der Waals surface area (Å²) < 4.78 is 55.8. The second-order valence-corrected chi connectivity index (χ2v) is 12.9. The van der Waals surface area contributed by atoms with Gasteiger partial charge in [0.25, 0.3) is 5.91 Å². The lowest BCUT2D eigenvalue weighted by Gasteiger charge is -2.30. The van der Waals surface area contributed by atoms with Crippen molar-refractivity contribution in [2.45, 2.75) is 49.4 Å². The lowest BCUT2D eigenvalue weighted by atomic mass is 9.81. The van der Waals surface area contributed by atoms with Crippen LogP contribution in [-0.2, 0) is 21.6 Å². The van der Waals surface area contributed by atoms with Crippen LogP contribution < -0.4 is 20.5 Å². The quantitative estimate of drug-likeness (QED) is 0.224. The molecule has 0 radical (unpaired) electrons. The topological polar surface area (TPSA) is 142 Å². The lowest BCUT2D eigenvalue weighted by molar-refractivity contribution is -0.123. The molecule has 0 spiro atoms. The molecule has 0 bridgehead atoms. The largest absolute Gasteiger partial charge is 0.494 e. The first-order chi connectivity index (χ1) is 21.8. The zero-order valence-electron chi connectivity index (χ0n) is 24.8. The molecule has 7 rings (SSSR count). The van der Waals surface area contributed by atoms with Crippen molar-refractivity contribution in [2.75, 3.05) is 20.3 Å². The number of carbonyl (C=O) groups excluding carboxylic acids is 2. The van der Waals surface area contributed by atoms with E-state index in [2.05, 4.69) is 15.4 Å². The molecule has 2 saturated carbocycles. The Balaban J connectivity index is 1.27. The van der Waals surface area contributed by atoms with Crippen LogP contribution in [0.15, 0.2) is 36.5 Å². The number of benzene rings is 2. The summed E-state index contributed by atoms with van der Waals surface area (Å²) in [6.45, 7) is 1.14. The summed E-state index contributed by atoms with van der Waals surface area (Å²) >= 11 is 5.96. The molecular formula is C32H29ClF3N5O5. The predicted octanol–water partition coefficient (Wildman–Crippen LogP) is 4.62. The molecule has 10 nitrogen and oxygen atoms in total. The average Bonchev–Trinajstić information content (AvgIpc) is 3.95. The molecule has 2 aromatic heterocycles. The van der Waals surface area contributed by atoms with Crippen molar-refractivity contribution in [1.29, 1.82) is 0 Å². The van der Waals surface area contributed by atoms with Crippen LogP contribution in [0.3, 0.4) is 0 Å². The van der Waals surface area contributed by atoms with E-state index in [0.717, 1.165) is 6.07 Å². The highest BCUT2D eigenvalue weighted by Crippen LogP contribution is 2.50. The maximum atomic E-state index is 14.7. The molecular weight excluding hydrogens is 627 g/mol. The number of primary amides is 1. The van der Waals surface area contributed by atoms with E-state index in [4.69, 9.17) is 26.8 Å². The summed E-state index contributed by atoms with van der Waals surface area (Å²) in [5.74, 6) is -5.17. The highest BCUT2D eigenvalue weighted by atomic mass is 35.5. The van der Waals surface area contributed by atoms with Gasteiger partial charge in [-0.3, -0.25) is 9.59 Å². The number of nitrogens with zero attached hydrogens (tertiary/aromatic N) is 3. The van der Waals surface area contributed by atoms with E-state index in [-0.39, 0.29) is 53.1 Å². The average molecular weight is 656 g/mol. The molecule has 2 fully saturated rings. The number of hydrogen-bond acceptors (Lipinski definition) is 7. The highest BCUT2D eigenvalue weighted by molar-refractivity contribution is 6.31. The molecule has 3 heterocycles. The predicted molar refractivity (Wildman–Crippen MR) is 160 cm³/mol. The van der Waals surface area contributed by atoms with Gasteiger partial charge in [-0.15, -0.1) is 0 Å². The number of nitrogens with one attached hydrogen (secondary N) is 1. The van der Waals surface area contributed by atoms with Crippen molar-refractivity contribution in [3.05, 3.63) is 70.0 Å². The first kappa shape index (κ1) is 30.3. The first-order valence-electron chi connectivity index (χ1n) is 14.7. The van der Waals surface area contributed by atoms with Crippen molar-refractivity contribution in [3.63, 3.8) is 0 Å². The maximum absolute atomic E-state index is 14.7. The third-order valence-electron chi connectivity index (χ3n) is 9.22. The summed E-state index contributed by atoms with van der Waals surface area (Å²) in [7, 11) is 1.42. The van der Waals surface area contributed by atoms with E-state index in [0.29, 0.717) is 42.1 Å². The van der Waals surface area contributed by atoms with Crippen LogP contribution in [0.25, 0.3) is 22.2 Å². The number of pyridine rings is 1. The number of hydrogen-bond donors (Lipinski definition) is 3. The van der Waals surface area contributed by atoms with Gasteiger partial charge in [-0.2, -0.15) is 5.10 Å². The molecule has 46 heavy (non-hydrogen) atoms. The lowest BCUT2D eigenvalue weighted by Crippen LogP contribution is -2.44. The first-order valence-corrected chi connectivity index (χ1v) is 15.1. The third kappa shape index (κ3) is 4.75. The Kier molecular flexibility index (Phi) is 6.80. The van der Waals surface area contributed by atoms with Crippen LogP contribution in [0, 0.1) is 17.6 Å². The van der Waals surface area contributed by atoms with Crippen molar-refractivity contribution in [2.24, 2.45) is 11.7 Å². The van der Waals surface area contributed by atoms with Gasteiger partial charge in [-0.25, -0.2) is 22.8 Å². The molecule has 14 heteroatoms. The zero-order chi connectivity index (χ0) is 32.8. The van der Waals surface area contributed by atoms with Crippen LogP contribution in [0.5, 0.6) is 11.5 Å². The number of aromatic nitrogens is 3. The van der Waals surface area contributed by atoms with Gasteiger partial charge >= 0.3 is 0 Å². The number of aliphatic hydroxyl groups is 1. The molecule has 2 atom stereocenters. The number of alkyl halides is 1. The third-order valence-corrected chi connectivity index (χ3v) is 9.49. The van der Waals surface area contributed by atoms with Gasteiger partial charge < -0.3 is 25.6 Å². The van der Waals surface area contributed by atoms with Gasteiger partial charge in [-0.05, 0) is 56.0 Å². The van der Waals surface area contributed by atoms with Crippen LogP contribution in [0.2, 0.25) is 5.02 Å². The summed E-state index contributed by atoms with van der Waals surface area (Å²) in [5.41, 5.74) is 3.76. The molecule has 0 saturated heterocycles. The molecule has 4 N–H and O–H groups in total. The van der Waals surface area contributed by atoms with E-state index < -0.39 is 45.3 Å². The number of halogens is 4. The van der Waals surface area contributed by atoms with Crippen LogP contribution >= 0.6 is 11.6 Å². The number of amides is 2. The summed E-state index contributed by atoms with van der Waals surface area (Å²) in [6.07, 6.45) is 3.46. The van der Waals surface area contributed by atoms with Crippen molar-refractivity contribution in [1.82, 2.24) is 20.1 Å². The Morgan fingerprint density at radius 1 is 1.24 bits per heavy atom. The molecule has 1 unspecified atom stereocenters. The van der Waals surface area contributed by atoms with Crippen molar-refractivity contribution in [3.8, 4) is 22.8 Å². The molecule has 240 valence electrons. The molecule has 3 aliphatic rings. The number of fused-ring (bicyclic) bond motifs is 2. The second kappa shape index (κ2) is 10.3. The van der Waals surface area contributed by atoms with Gasteiger partial charge in [0.2, 0.25) is 11.7 Å². The smallest absolute Gasteiger partial charge is 0.251 e. The summed E-state index contributed by atoms with van der Waals surface area (Å²) in [4.78, 5) is 30.7. The Morgan fingerprint density at radius 3 is 2.61 bits per heavy atom. The van der Waals surface area contributed by atoms with Gasteiger partial charge in [-0.1, -0.05) is 11.6 Å². The number of nitrogens with two attached hydrogens (primary N) is 1. The SMILES string of the molecule is COc1cc(C(=O)NCC(O)(c2cc3c(c(-c4cc(F)c(F)c(Cl)c4)n2)OC[C@]3(C)C(N)=O)C2CC2)cc2cn(C3(F)CC3)nc12. The fraction of sp³-hybridized carbons (Fsp3) is 0.375. The number of methoxy groups -OCH3 is 1. The molecule has 4 aromatic rings. The van der Waals surface area contributed by atoms with Gasteiger partial charge in [0.1, 0.15) is 40.3 Å². The Labute approximate surface area is 265 Å². The van der Waals surface area contributed by atoms with E-state index in [9.17, 15) is 27.9 Å². The molecule has 1 aliphatic heterocycles. The standard InChI is InChI=1S/C32H29ClF3N5O5/c1-30(29(37)43)14-46-27-19(30)11-23(39-26(27)15-8-20(33)24(35)21(34)9-15)32(44,18-3-4-18)13-38-28(42)16-7-17-12-41(31(36)5-6-31)40-25(17)22(10-16)45-2/h7-12,18,44H,3-6,13-14H2,1-2H3,(H2,37,43)(H,38,42)/t30-,32?/m0/s1. The minimum absolute atomic E-state index is 0.0252. The molecule has 2 amide bonds. The van der Waals surface area contributed by atoms with Crippen LogP contribution in [0.4, 0.5) is 13.2 Å². The van der Waals surface area contributed by atoms with Gasteiger partial charge in [0.15, 0.2) is 11.6 Å². The second-order valence-electron chi connectivity index (χ2n) is 12.5. The van der Waals surface area contributed by atoms with E-state index in [1.54, 1.807) is 13.0 Å². The fourth-order valence-corrected chi connectivity index (χ4v) is 6.15. The Bertz CT molecular complexity index is 1940.